The van der Waals surface area contributed by atoms with Gasteiger partial charge in [0, 0.05) is 19.3 Å². The van der Waals surface area contributed by atoms with Gasteiger partial charge in [-0.25, -0.2) is 0 Å². The molecule has 1 N–H and O–H groups in total. The second-order valence-corrected chi connectivity index (χ2v) is 5.21. The third-order valence-electron chi connectivity index (χ3n) is 3.24. The molecule has 1 rings (SSSR count). The highest BCUT2D eigenvalue weighted by Crippen LogP contribution is 2.16. The van der Waals surface area contributed by atoms with Crippen molar-refractivity contribution in [1.29, 1.82) is 0 Å². The van der Waals surface area contributed by atoms with Gasteiger partial charge in [-0.2, -0.15) is 0 Å². The Morgan fingerprint density at radius 2 is 1.95 bits per heavy atom. The van der Waals surface area contributed by atoms with E-state index in [-0.39, 0.29) is 18.2 Å². The Hall–Kier alpha value is -1.84. The Kier molecular flexibility index (Phi) is 6.22. The lowest BCUT2D eigenvalue weighted by molar-refractivity contribution is -0.133. The Bertz CT molecular complexity index is 483. The molecule has 0 unspecified atom stereocenters. The summed E-state index contributed by atoms with van der Waals surface area (Å²) in [6.07, 6.45) is 1.89. The highest BCUT2D eigenvalue weighted by Gasteiger charge is 2.14. The molecule has 4 nitrogen and oxygen atoms in total. The van der Waals surface area contributed by atoms with Crippen LogP contribution in [0, 0.1) is 13.8 Å². The summed E-state index contributed by atoms with van der Waals surface area (Å²) in [6, 6.07) is 5.82. The van der Waals surface area contributed by atoms with E-state index in [1.165, 1.54) is 0 Å². The first-order valence-corrected chi connectivity index (χ1v) is 7.05. The van der Waals surface area contributed by atoms with Gasteiger partial charge in [-0.05, 0) is 31.9 Å². The molecule has 110 valence electrons. The normalized spacial score (nSPS) is 10.2. The Balaban J connectivity index is 2.53. The number of rotatable bonds is 6. The molecule has 0 fully saturated rings. The van der Waals surface area contributed by atoms with E-state index in [0.29, 0.717) is 6.54 Å². The molecule has 4 heteroatoms. The molecule has 0 aromatic heterocycles. The van der Waals surface area contributed by atoms with E-state index in [1.807, 2.05) is 32.0 Å². The number of hydrogen-bond acceptors (Lipinski definition) is 2. The minimum Gasteiger partial charge on any atom is -0.345 e. The lowest BCUT2D eigenvalue weighted by atomic mass is 10.1. The first kappa shape index (κ1) is 16.2. The van der Waals surface area contributed by atoms with E-state index in [9.17, 15) is 9.59 Å². The van der Waals surface area contributed by atoms with E-state index in [4.69, 9.17) is 0 Å². The fraction of sp³-hybridized carbons (Fsp3) is 0.500. The van der Waals surface area contributed by atoms with Gasteiger partial charge in [0.15, 0.2) is 0 Å². The molecule has 2 amide bonds. The summed E-state index contributed by atoms with van der Waals surface area (Å²) in [4.78, 5) is 25.3. The lowest BCUT2D eigenvalue weighted by Crippen LogP contribution is -2.31. The van der Waals surface area contributed by atoms with Crippen molar-refractivity contribution in [3.63, 3.8) is 0 Å². The summed E-state index contributed by atoms with van der Waals surface area (Å²) in [5.74, 6) is -0.397. The van der Waals surface area contributed by atoms with Crippen molar-refractivity contribution in [2.75, 3.05) is 18.9 Å². The molecular formula is C16H24N2O2. The van der Waals surface area contributed by atoms with Crippen LogP contribution in [0.25, 0.3) is 0 Å². The number of carbonyl (C=O) groups is 2. The second kappa shape index (κ2) is 7.68. The number of nitrogens with one attached hydrogen (secondary N) is 1. The molecule has 20 heavy (non-hydrogen) atoms. The molecule has 0 heterocycles. The molecule has 0 saturated carbocycles. The number of aryl methyl sites for hydroxylation is 2. The molecule has 1 aromatic rings. The molecule has 0 bridgehead atoms. The summed E-state index contributed by atoms with van der Waals surface area (Å²) in [7, 11) is 1.74. The fourth-order valence-corrected chi connectivity index (χ4v) is 1.94. The highest BCUT2D eigenvalue weighted by molar-refractivity contribution is 6.03. The first-order valence-electron chi connectivity index (χ1n) is 7.05. The van der Waals surface area contributed by atoms with Crippen LogP contribution in [0.5, 0.6) is 0 Å². The molecule has 0 atom stereocenters. The van der Waals surface area contributed by atoms with Gasteiger partial charge in [0.2, 0.25) is 11.8 Å². The summed E-state index contributed by atoms with van der Waals surface area (Å²) < 4.78 is 0. The number of nitrogens with zero attached hydrogens (tertiary/aromatic N) is 1. The van der Waals surface area contributed by atoms with Gasteiger partial charge in [0.1, 0.15) is 6.42 Å². The predicted molar refractivity (Wildman–Crippen MR) is 81.7 cm³/mol. The molecule has 0 aliphatic heterocycles. The number of amides is 2. The molecular weight excluding hydrogens is 252 g/mol. The van der Waals surface area contributed by atoms with Crippen molar-refractivity contribution < 1.29 is 9.59 Å². The number of anilines is 1. The third-order valence-corrected chi connectivity index (χ3v) is 3.24. The van der Waals surface area contributed by atoms with Crippen LogP contribution in [-0.4, -0.2) is 30.3 Å². The Morgan fingerprint density at radius 1 is 1.25 bits per heavy atom. The summed E-state index contributed by atoms with van der Waals surface area (Å²) in [5, 5.41) is 2.79. The van der Waals surface area contributed by atoms with Gasteiger partial charge in [-0.1, -0.05) is 31.0 Å². The van der Waals surface area contributed by atoms with Gasteiger partial charge >= 0.3 is 0 Å². The quantitative estimate of drug-likeness (QED) is 0.812. The van der Waals surface area contributed by atoms with Gasteiger partial charge in [-0.15, -0.1) is 0 Å². The summed E-state index contributed by atoms with van der Waals surface area (Å²) in [6.45, 7) is 6.72. The number of unbranched alkanes of at least 4 members (excludes halogenated alkanes) is 1. The van der Waals surface area contributed by atoms with E-state index in [1.54, 1.807) is 11.9 Å². The van der Waals surface area contributed by atoms with Gasteiger partial charge in [0.05, 0.1) is 0 Å². The average molecular weight is 276 g/mol. The van der Waals surface area contributed by atoms with Crippen LogP contribution in [-0.2, 0) is 9.59 Å². The maximum absolute atomic E-state index is 11.9. The molecule has 0 spiro atoms. The Labute approximate surface area is 121 Å². The molecule has 0 radical (unpaired) electrons. The van der Waals surface area contributed by atoms with Crippen LogP contribution in [0.4, 0.5) is 5.69 Å². The zero-order chi connectivity index (χ0) is 15.1. The minimum absolute atomic E-state index is 0.104. The monoisotopic (exact) mass is 276 g/mol. The maximum atomic E-state index is 11.9. The van der Waals surface area contributed by atoms with Crippen molar-refractivity contribution in [3.05, 3.63) is 29.3 Å². The predicted octanol–water partition coefficient (Wildman–Crippen LogP) is 2.89. The van der Waals surface area contributed by atoms with Crippen LogP contribution in [0.15, 0.2) is 18.2 Å². The lowest BCUT2D eigenvalue weighted by Gasteiger charge is -2.16. The maximum Gasteiger partial charge on any atom is 0.233 e. The standard InChI is InChI=1S/C16H24N2O2/c1-5-6-9-18(4)16(20)11-15(19)17-14-8-7-12(2)10-13(14)3/h7-8,10H,5-6,9,11H2,1-4H3,(H,17,19). The smallest absolute Gasteiger partial charge is 0.233 e. The highest BCUT2D eigenvalue weighted by atomic mass is 16.2. The first-order chi connectivity index (χ1) is 9.43. The SMILES string of the molecule is CCCCN(C)C(=O)CC(=O)Nc1ccc(C)cc1C. The van der Waals surface area contributed by atoms with Crippen LogP contribution in [0.2, 0.25) is 0 Å². The van der Waals surface area contributed by atoms with Crippen molar-refractivity contribution in [3.8, 4) is 0 Å². The van der Waals surface area contributed by atoms with Crippen molar-refractivity contribution >= 4 is 17.5 Å². The van der Waals surface area contributed by atoms with Crippen molar-refractivity contribution in [2.24, 2.45) is 0 Å². The van der Waals surface area contributed by atoms with Crippen LogP contribution >= 0.6 is 0 Å². The molecule has 1 aromatic carbocycles. The zero-order valence-electron chi connectivity index (χ0n) is 12.8. The average Bonchev–Trinajstić information content (AvgIpc) is 2.39. The van der Waals surface area contributed by atoms with E-state index < -0.39 is 0 Å². The van der Waals surface area contributed by atoms with Crippen molar-refractivity contribution in [2.45, 2.75) is 40.0 Å². The van der Waals surface area contributed by atoms with Gasteiger partial charge < -0.3 is 10.2 Å². The number of carbonyl (C=O) groups excluding carboxylic acids is 2. The third kappa shape index (κ3) is 5.03. The van der Waals surface area contributed by atoms with Gasteiger partial charge in [0.25, 0.3) is 0 Å². The van der Waals surface area contributed by atoms with Crippen LogP contribution in [0.1, 0.15) is 37.3 Å². The minimum atomic E-state index is -0.259. The topological polar surface area (TPSA) is 49.4 Å². The summed E-state index contributed by atoms with van der Waals surface area (Å²) >= 11 is 0. The van der Waals surface area contributed by atoms with Crippen molar-refractivity contribution in [1.82, 2.24) is 4.90 Å². The van der Waals surface area contributed by atoms with Crippen LogP contribution in [0.3, 0.4) is 0 Å². The molecule has 0 saturated heterocycles. The number of hydrogen-bond donors (Lipinski definition) is 1. The van der Waals surface area contributed by atoms with Gasteiger partial charge in [-0.3, -0.25) is 9.59 Å². The number of benzene rings is 1. The second-order valence-electron chi connectivity index (χ2n) is 5.21. The van der Waals surface area contributed by atoms with E-state index in [0.717, 1.165) is 29.7 Å². The fourth-order valence-electron chi connectivity index (χ4n) is 1.94. The van der Waals surface area contributed by atoms with Crippen LogP contribution < -0.4 is 5.32 Å². The molecule has 0 aliphatic carbocycles. The van der Waals surface area contributed by atoms with E-state index >= 15 is 0 Å². The molecule has 0 aliphatic rings. The van der Waals surface area contributed by atoms with E-state index in [2.05, 4.69) is 12.2 Å². The Morgan fingerprint density at radius 3 is 2.55 bits per heavy atom. The summed E-state index contributed by atoms with van der Waals surface area (Å²) in [5.41, 5.74) is 2.92. The zero-order valence-corrected chi connectivity index (χ0v) is 12.8. The largest absolute Gasteiger partial charge is 0.345 e.